The Balaban J connectivity index is 1.64. The molecule has 1 aliphatic rings. The zero-order valence-corrected chi connectivity index (χ0v) is 13.2. The second-order valence-electron chi connectivity index (χ2n) is 5.85. The number of nitrogens with zero attached hydrogens (tertiary/aromatic N) is 3. The van der Waals surface area contributed by atoms with Gasteiger partial charge in [0.1, 0.15) is 5.01 Å². The fraction of sp³-hybridized carbons (Fsp3) is 0.600. The van der Waals surface area contributed by atoms with E-state index in [0.717, 1.165) is 23.5 Å². The lowest BCUT2D eigenvalue weighted by atomic mass is 9.93. The quantitative estimate of drug-likeness (QED) is 0.860. The number of thiazole rings is 1. The maximum atomic E-state index is 9.29. The Morgan fingerprint density at radius 2 is 2.19 bits per heavy atom. The molecule has 0 spiro atoms. The number of hydrogen-bond acceptors (Lipinski definition) is 5. The van der Waals surface area contributed by atoms with Crippen LogP contribution in [0.5, 0.6) is 0 Å². The second kappa shape index (κ2) is 6.25. The molecule has 2 heterocycles. The molecule has 3 rings (SSSR count). The van der Waals surface area contributed by atoms with Crippen molar-refractivity contribution in [2.24, 2.45) is 7.05 Å². The summed E-state index contributed by atoms with van der Waals surface area (Å²) in [7, 11) is 1.91. The number of nitrogens with one attached hydrogen (secondary N) is 1. The summed E-state index contributed by atoms with van der Waals surface area (Å²) >= 11 is 1.71. The van der Waals surface area contributed by atoms with Crippen molar-refractivity contribution in [2.45, 2.75) is 44.2 Å². The van der Waals surface area contributed by atoms with Gasteiger partial charge >= 0.3 is 0 Å². The summed E-state index contributed by atoms with van der Waals surface area (Å²) in [6.45, 7) is 1.09. The van der Waals surface area contributed by atoms with Gasteiger partial charge in [-0.1, -0.05) is 12.8 Å². The molecule has 0 amide bonds. The van der Waals surface area contributed by atoms with Crippen LogP contribution in [0.15, 0.2) is 18.6 Å². The summed E-state index contributed by atoms with van der Waals surface area (Å²) in [5.41, 5.74) is 1.20. The van der Waals surface area contributed by atoms with Gasteiger partial charge in [-0.2, -0.15) is 5.10 Å². The first-order valence-electron chi connectivity index (χ1n) is 7.50. The van der Waals surface area contributed by atoms with Crippen molar-refractivity contribution in [1.82, 2.24) is 20.1 Å². The van der Waals surface area contributed by atoms with E-state index in [1.807, 2.05) is 25.6 Å². The minimum atomic E-state index is 0.132. The number of aliphatic hydroxyl groups is 1. The van der Waals surface area contributed by atoms with Crippen LogP contribution in [-0.2, 0) is 13.6 Å². The van der Waals surface area contributed by atoms with Crippen molar-refractivity contribution in [2.75, 3.05) is 6.61 Å². The highest BCUT2D eigenvalue weighted by Crippen LogP contribution is 2.33. The maximum absolute atomic E-state index is 9.29. The van der Waals surface area contributed by atoms with Crippen molar-refractivity contribution in [1.29, 1.82) is 0 Å². The highest BCUT2D eigenvalue weighted by molar-refractivity contribution is 7.15. The average molecular weight is 306 g/mol. The predicted molar refractivity (Wildman–Crippen MR) is 84.1 cm³/mol. The monoisotopic (exact) mass is 306 g/mol. The van der Waals surface area contributed by atoms with Crippen LogP contribution in [-0.4, -0.2) is 32.0 Å². The van der Waals surface area contributed by atoms with Crippen LogP contribution in [0.1, 0.15) is 37.0 Å². The van der Waals surface area contributed by atoms with E-state index in [4.69, 9.17) is 0 Å². The van der Waals surface area contributed by atoms with Crippen LogP contribution in [0.2, 0.25) is 0 Å². The summed E-state index contributed by atoms with van der Waals surface area (Å²) in [6.07, 6.45) is 11.5. The topological polar surface area (TPSA) is 63.0 Å². The molecular formula is C15H22N4OS. The molecule has 114 valence electrons. The molecule has 0 aliphatic heterocycles. The number of rotatable bonds is 6. The van der Waals surface area contributed by atoms with E-state index in [-0.39, 0.29) is 12.1 Å². The number of hydrogen-bond donors (Lipinski definition) is 2. The van der Waals surface area contributed by atoms with Gasteiger partial charge in [0.15, 0.2) is 0 Å². The van der Waals surface area contributed by atoms with Crippen LogP contribution in [0.3, 0.4) is 0 Å². The van der Waals surface area contributed by atoms with Crippen molar-refractivity contribution in [3.8, 4) is 10.6 Å². The third kappa shape index (κ3) is 3.33. The number of aliphatic hydroxyl groups excluding tert-OH is 1. The fourth-order valence-corrected chi connectivity index (χ4v) is 3.94. The minimum Gasteiger partial charge on any atom is -0.396 e. The van der Waals surface area contributed by atoms with Crippen molar-refractivity contribution < 1.29 is 5.11 Å². The Kier molecular flexibility index (Phi) is 4.37. The summed E-state index contributed by atoms with van der Waals surface area (Å²) in [5.74, 6) is 0. The van der Waals surface area contributed by atoms with Gasteiger partial charge in [-0.05, 0) is 19.3 Å². The highest BCUT2D eigenvalue weighted by Gasteiger charge is 2.32. The molecule has 0 saturated heterocycles. The first-order chi connectivity index (χ1) is 10.2. The molecule has 6 heteroatoms. The maximum Gasteiger partial charge on any atom is 0.126 e. The van der Waals surface area contributed by atoms with E-state index in [1.165, 1.54) is 30.6 Å². The molecule has 0 bridgehead atoms. The molecule has 1 aliphatic carbocycles. The Hall–Kier alpha value is -1.24. The van der Waals surface area contributed by atoms with Gasteiger partial charge in [-0.15, -0.1) is 11.3 Å². The van der Waals surface area contributed by atoms with E-state index in [2.05, 4.69) is 15.4 Å². The molecule has 1 saturated carbocycles. The lowest BCUT2D eigenvalue weighted by Crippen LogP contribution is -2.42. The standard InChI is InChI=1S/C15H22N4OS/c1-19-11-12(8-18-19)14-16-9-13(21-14)10-17-15(6-7-20)4-2-3-5-15/h8-9,11,17,20H,2-7,10H2,1H3. The smallest absolute Gasteiger partial charge is 0.126 e. The van der Waals surface area contributed by atoms with Crippen LogP contribution in [0.25, 0.3) is 10.6 Å². The Bertz CT molecular complexity index is 586. The normalized spacial score (nSPS) is 17.4. The lowest BCUT2D eigenvalue weighted by Gasteiger charge is -2.29. The van der Waals surface area contributed by atoms with Gasteiger partial charge in [0, 0.05) is 48.6 Å². The SMILES string of the molecule is Cn1cc(-c2ncc(CNC3(CCO)CCCC3)s2)cn1. The van der Waals surface area contributed by atoms with Crippen molar-refractivity contribution in [3.63, 3.8) is 0 Å². The van der Waals surface area contributed by atoms with Gasteiger partial charge in [-0.3, -0.25) is 4.68 Å². The molecule has 0 atom stereocenters. The summed E-state index contributed by atoms with van der Waals surface area (Å²) in [5, 5.41) is 18.2. The molecule has 0 aromatic carbocycles. The van der Waals surface area contributed by atoms with Gasteiger partial charge in [0.2, 0.25) is 0 Å². The first-order valence-corrected chi connectivity index (χ1v) is 8.32. The second-order valence-corrected chi connectivity index (χ2v) is 6.96. The van der Waals surface area contributed by atoms with E-state index in [9.17, 15) is 5.11 Å². The Morgan fingerprint density at radius 3 is 2.86 bits per heavy atom. The van der Waals surface area contributed by atoms with Crippen LogP contribution < -0.4 is 5.32 Å². The van der Waals surface area contributed by atoms with E-state index in [1.54, 1.807) is 16.0 Å². The van der Waals surface area contributed by atoms with E-state index < -0.39 is 0 Å². The Morgan fingerprint density at radius 1 is 1.38 bits per heavy atom. The molecule has 2 aromatic heterocycles. The molecule has 2 aromatic rings. The zero-order valence-electron chi connectivity index (χ0n) is 12.4. The number of aromatic nitrogens is 3. The molecule has 0 unspecified atom stereocenters. The largest absolute Gasteiger partial charge is 0.396 e. The minimum absolute atomic E-state index is 0.132. The van der Waals surface area contributed by atoms with E-state index >= 15 is 0 Å². The molecule has 21 heavy (non-hydrogen) atoms. The van der Waals surface area contributed by atoms with Crippen LogP contribution in [0, 0.1) is 0 Å². The average Bonchev–Trinajstić information content (AvgIpc) is 3.17. The molecule has 0 radical (unpaired) electrons. The highest BCUT2D eigenvalue weighted by atomic mass is 32.1. The fourth-order valence-electron chi connectivity index (χ4n) is 3.11. The summed E-state index contributed by atoms with van der Waals surface area (Å²) in [4.78, 5) is 5.72. The summed E-state index contributed by atoms with van der Waals surface area (Å²) < 4.78 is 1.80. The van der Waals surface area contributed by atoms with Gasteiger partial charge < -0.3 is 10.4 Å². The van der Waals surface area contributed by atoms with Gasteiger partial charge in [0.25, 0.3) is 0 Å². The summed E-state index contributed by atoms with van der Waals surface area (Å²) in [6, 6.07) is 0. The van der Waals surface area contributed by atoms with Crippen molar-refractivity contribution >= 4 is 11.3 Å². The molecule has 1 fully saturated rings. The third-order valence-electron chi connectivity index (χ3n) is 4.29. The van der Waals surface area contributed by atoms with Gasteiger partial charge in [0.05, 0.1) is 6.20 Å². The lowest BCUT2D eigenvalue weighted by molar-refractivity contribution is 0.210. The molecule has 5 nitrogen and oxygen atoms in total. The van der Waals surface area contributed by atoms with E-state index in [0.29, 0.717) is 0 Å². The van der Waals surface area contributed by atoms with Crippen molar-refractivity contribution in [3.05, 3.63) is 23.5 Å². The Labute approximate surface area is 129 Å². The van der Waals surface area contributed by atoms with Crippen LogP contribution in [0.4, 0.5) is 0 Å². The molecule has 2 N–H and O–H groups in total. The first kappa shape index (κ1) is 14.7. The zero-order chi connectivity index (χ0) is 14.7. The predicted octanol–water partition coefficient (Wildman–Crippen LogP) is 2.33. The molecular weight excluding hydrogens is 284 g/mol. The number of aryl methyl sites for hydroxylation is 1. The van der Waals surface area contributed by atoms with Crippen LogP contribution >= 0.6 is 11.3 Å². The van der Waals surface area contributed by atoms with Gasteiger partial charge in [-0.25, -0.2) is 4.98 Å². The third-order valence-corrected chi connectivity index (χ3v) is 5.34.